The molecular formula is C18H21BrFN. The van der Waals surface area contributed by atoms with Gasteiger partial charge in [-0.25, -0.2) is 4.39 Å². The van der Waals surface area contributed by atoms with Crippen LogP contribution in [0.25, 0.3) is 0 Å². The standard InChI is InChI=1S/C18H21BrFN/c1-4-10-21-18(14-9-8-12(2)16(20)11-14)15-7-5-6-13(3)17(15)19/h5-9,11,18,21H,4,10H2,1-3H3. The van der Waals surface area contributed by atoms with Crippen LogP contribution in [0.5, 0.6) is 0 Å². The van der Waals surface area contributed by atoms with Crippen LogP contribution in [0.15, 0.2) is 40.9 Å². The summed E-state index contributed by atoms with van der Waals surface area (Å²) >= 11 is 3.67. The number of benzene rings is 2. The van der Waals surface area contributed by atoms with Crippen molar-refractivity contribution in [1.82, 2.24) is 5.32 Å². The summed E-state index contributed by atoms with van der Waals surface area (Å²) in [5.74, 6) is -0.153. The molecule has 0 fully saturated rings. The molecule has 0 heterocycles. The van der Waals surface area contributed by atoms with Crippen molar-refractivity contribution in [2.45, 2.75) is 33.2 Å². The summed E-state index contributed by atoms with van der Waals surface area (Å²) in [6.45, 7) is 6.88. The molecule has 0 amide bonds. The fourth-order valence-electron chi connectivity index (χ4n) is 2.38. The molecule has 1 atom stereocenters. The lowest BCUT2D eigenvalue weighted by Gasteiger charge is -2.22. The second-order valence-electron chi connectivity index (χ2n) is 5.37. The predicted molar refractivity (Wildman–Crippen MR) is 90.2 cm³/mol. The fourth-order valence-corrected chi connectivity index (χ4v) is 2.87. The number of nitrogens with one attached hydrogen (secondary N) is 1. The second-order valence-corrected chi connectivity index (χ2v) is 6.17. The van der Waals surface area contributed by atoms with Crippen molar-refractivity contribution in [2.24, 2.45) is 0 Å². The summed E-state index contributed by atoms with van der Waals surface area (Å²) in [5, 5.41) is 3.52. The van der Waals surface area contributed by atoms with Gasteiger partial charge in [0.2, 0.25) is 0 Å². The van der Waals surface area contributed by atoms with Crippen molar-refractivity contribution in [1.29, 1.82) is 0 Å². The topological polar surface area (TPSA) is 12.0 Å². The molecule has 0 bridgehead atoms. The zero-order chi connectivity index (χ0) is 15.4. The third kappa shape index (κ3) is 3.72. The molecule has 112 valence electrons. The van der Waals surface area contributed by atoms with Crippen molar-refractivity contribution in [3.8, 4) is 0 Å². The Kier molecular flexibility index (Phi) is 5.54. The van der Waals surface area contributed by atoms with Gasteiger partial charge in [-0.2, -0.15) is 0 Å². The fraction of sp³-hybridized carbons (Fsp3) is 0.333. The Hall–Kier alpha value is -1.19. The molecule has 0 spiro atoms. The second kappa shape index (κ2) is 7.19. The number of hydrogen-bond acceptors (Lipinski definition) is 1. The predicted octanol–water partition coefficient (Wildman–Crippen LogP) is 5.29. The zero-order valence-corrected chi connectivity index (χ0v) is 14.3. The van der Waals surface area contributed by atoms with E-state index in [0.29, 0.717) is 5.56 Å². The number of rotatable bonds is 5. The van der Waals surface area contributed by atoms with E-state index in [1.165, 1.54) is 5.56 Å². The van der Waals surface area contributed by atoms with Gasteiger partial charge in [-0.3, -0.25) is 0 Å². The largest absolute Gasteiger partial charge is 0.306 e. The summed E-state index contributed by atoms with van der Waals surface area (Å²) in [4.78, 5) is 0. The van der Waals surface area contributed by atoms with Gasteiger partial charge >= 0.3 is 0 Å². The summed E-state index contributed by atoms with van der Waals surface area (Å²) in [5.41, 5.74) is 3.96. The first-order valence-electron chi connectivity index (χ1n) is 7.29. The lowest BCUT2D eigenvalue weighted by atomic mass is 9.96. The van der Waals surface area contributed by atoms with Crippen LogP contribution in [0.1, 0.15) is 41.6 Å². The highest BCUT2D eigenvalue weighted by Crippen LogP contribution is 2.31. The highest BCUT2D eigenvalue weighted by atomic mass is 79.9. The van der Waals surface area contributed by atoms with Crippen LogP contribution in [0.4, 0.5) is 4.39 Å². The molecule has 1 N–H and O–H groups in total. The highest BCUT2D eigenvalue weighted by Gasteiger charge is 2.18. The van der Waals surface area contributed by atoms with Gasteiger partial charge in [0.1, 0.15) is 5.82 Å². The van der Waals surface area contributed by atoms with E-state index in [2.05, 4.69) is 47.2 Å². The van der Waals surface area contributed by atoms with Gasteiger partial charge in [-0.05, 0) is 55.1 Å². The van der Waals surface area contributed by atoms with Gasteiger partial charge in [0.25, 0.3) is 0 Å². The van der Waals surface area contributed by atoms with Crippen LogP contribution in [-0.4, -0.2) is 6.54 Å². The molecule has 1 nitrogen and oxygen atoms in total. The Balaban J connectivity index is 2.47. The van der Waals surface area contributed by atoms with Crippen LogP contribution >= 0.6 is 15.9 Å². The zero-order valence-electron chi connectivity index (χ0n) is 12.7. The Labute approximate surface area is 134 Å². The van der Waals surface area contributed by atoms with Crippen LogP contribution in [0, 0.1) is 19.7 Å². The Bertz CT molecular complexity index is 625. The Morgan fingerprint density at radius 1 is 1.14 bits per heavy atom. The number of halogens is 2. The normalized spacial score (nSPS) is 12.4. The minimum atomic E-state index is -0.153. The molecule has 1 unspecified atom stereocenters. The number of aryl methyl sites for hydroxylation is 2. The van der Waals surface area contributed by atoms with Gasteiger partial charge < -0.3 is 5.32 Å². The molecule has 0 saturated heterocycles. The molecule has 0 aliphatic carbocycles. The molecule has 2 aromatic carbocycles. The summed E-state index contributed by atoms with van der Waals surface area (Å²) in [6.07, 6.45) is 1.04. The number of hydrogen-bond donors (Lipinski definition) is 1. The van der Waals surface area contributed by atoms with E-state index in [1.54, 1.807) is 13.0 Å². The van der Waals surface area contributed by atoms with Crippen molar-refractivity contribution in [3.05, 3.63) is 68.9 Å². The molecular weight excluding hydrogens is 329 g/mol. The third-order valence-electron chi connectivity index (χ3n) is 3.66. The maximum atomic E-state index is 13.9. The molecule has 0 aliphatic rings. The third-order valence-corrected chi connectivity index (χ3v) is 4.74. The molecule has 0 radical (unpaired) electrons. The minimum absolute atomic E-state index is 0.00525. The SMILES string of the molecule is CCCNC(c1ccc(C)c(F)c1)c1cccc(C)c1Br. The van der Waals surface area contributed by atoms with E-state index in [-0.39, 0.29) is 11.9 Å². The first-order chi connectivity index (χ1) is 10.0. The molecule has 3 heteroatoms. The maximum absolute atomic E-state index is 13.9. The quantitative estimate of drug-likeness (QED) is 0.772. The first-order valence-corrected chi connectivity index (χ1v) is 8.08. The summed E-state index contributed by atoms with van der Waals surface area (Å²) in [7, 11) is 0. The average Bonchev–Trinajstić information content (AvgIpc) is 2.47. The van der Waals surface area contributed by atoms with Crippen molar-refractivity contribution in [3.63, 3.8) is 0 Å². The highest BCUT2D eigenvalue weighted by molar-refractivity contribution is 9.10. The van der Waals surface area contributed by atoms with E-state index in [1.807, 2.05) is 18.2 Å². The first kappa shape index (κ1) is 16.2. The van der Waals surface area contributed by atoms with E-state index < -0.39 is 0 Å². The molecule has 0 aliphatic heterocycles. The van der Waals surface area contributed by atoms with Crippen LogP contribution < -0.4 is 5.32 Å². The van der Waals surface area contributed by atoms with Crippen molar-refractivity contribution < 1.29 is 4.39 Å². The summed E-state index contributed by atoms with van der Waals surface area (Å²) in [6, 6.07) is 11.7. The van der Waals surface area contributed by atoms with Gasteiger partial charge in [0.05, 0.1) is 6.04 Å². The van der Waals surface area contributed by atoms with E-state index in [4.69, 9.17) is 0 Å². The lowest BCUT2D eigenvalue weighted by Crippen LogP contribution is -2.24. The van der Waals surface area contributed by atoms with Gasteiger partial charge in [0, 0.05) is 4.47 Å². The lowest BCUT2D eigenvalue weighted by molar-refractivity contribution is 0.581. The molecule has 2 rings (SSSR count). The van der Waals surface area contributed by atoms with Crippen molar-refractivity contribution in [2.75, 3.05) is 6.54 Å². The van der Waals surface area contributed by atoms with Gasteiger partial charge in [0.15, 0.2) is 0 Å². The van der Waals surface area contributed by atoms with Crippen LogP contribution in [0.3, 0.4) is 0 Å². The van der Waals surface area contributed by atoms with Gasteiger partial charge in [-0.1, -0.05) is 53.2 Å². The monoisotopic (exact) mass is 349 g/mol. The molecule has 2 aromatic rings. The molecule has 21 heavy (non-hydrogen) atoms. The average molecular weight is 350 g/mol. The molecule has 0 aromatic heterocycles. The van der Waals surface area contributed by atoms with E-state index in [9.17, 15) is 4.39 Å². The maximum Gasteiger partial charge on any atom is 0.126 e. The molecule has 0 saturated carbocycles. The smallest absolute Gasteiger partial charge is 0.126 e. The van der Waals surface area contributed by atoms with Crippen molar-refractivity contribution >= 4 is 15.9 Å². The Morgan fingerprint density at radius 2 is 1.90 bits per heavy atom. The Morgan fingerprint density at radius 3 is 2.57 bits per heavy atom. The summed E-state index contributed by atoms with van der Waals surface area (Å²) < 4.78 is 15.0. The van der Waals surface area contributed by atoms with E-state index in [0.717, 1.165) is 28.6 Å². The van der Waals surface area contributed by atoms with E-state index >= 15 is 0 Å². The van der Waals surface area contributed by atoms with Crippen LogP contribution in [0.2, 0.25) is 0 Å². The van der Waals surface area contributed by atoms with Gasteiger partial charge in [-0.15, -0.1) is 0 Å². The van der Waals surface area contributed by atoms with Crippen LogP contribution in [-0.2, 0) is 0 Å². The minimum Gasteiger partial charge on any atom is -0.306 e.